The number of hydrogen-bond donors (Lipinski definition) is 0. The molecule has 0 aliphatic heterocycles. The predicted octanol–water partition coefficient (Wildman–Crippen LogP) is 2.99. The highest BCUT2D eigenvalue weighted by atomic mass is 32.1. The number of thiazole rings is 1. The van der Waals surface area contributed by atoms with Gasteiger partial charge in [0.2, 0.25) is 0 Å². The number of nitrogens with zero attached hydrogens (tertiary/aromatic N) is 2. The molecule has 0 bridgehead atoms. The summed E-state index contributed by atoms with van der Waals surface area (Å²) in [5.74, 6) is 0.250. The van der Waals surface area contributed by atoms with Crippen molar-refractivity contribution in [3.05, 3.63) is 15.6 Å². The molecular formula is C14H24N2OS. The van der Waals surface area contributed by atoms with Crippen molar-refractivity contribution in [3.63, 3.8) is 0 Å². The molecule has 1 aromatic rings. The second-order valence-corrected chi connectivity index (χ2v) is 6.37. The Labute approximate surface area is 114 Å². The average molecular weight is 268 g/mol. The molecule has 0 amide bonds. The van der Waals surface area contributed by atoms with Gasteiger partial charge in [0, 0.05) is 4.88 Å². The molecule has 102 valence electrons. The first-order chi connectivity index (χ1) is 8.32. The highest BCUT2D eigenvalue weighted by Crippen LogP contribution is 2.22. The van der Waals surface area contributed by atoms with Crippen molar-refractivity contribution in [1.82, 2.24) is 9.88 Å². The highest BCUT2D eigenvalue weighted by molar-refractivity contribution is 7.11. The number of carbonyl (C=O) groups is 1. The monoisotopic (exact) mass is 268 g/mol. The van der Waals surface area contributed by atoms with Gasteiger partial charge in [-0.3, -0.25) is 9.69 Å². The van der Waals surface area contributed by atoms with E-state index >= 15 is 0 Å². The zero-order valence-corrected chi connectivity index (χ0v) is 13.1. The van der Waals surface area contributed by atoms with Crippen LogP contribution in [0.2, 0.25) is 0 Å². The number of aryl methyl sites for hydroxylation is 2. The van der Waals surface area contributed by atoms with Gasteiger partial charge in [-0.2, -0.15) is 0 Å². The smallest absolute Gasteiger partial charge is 0.159 e. The van der Waals surface area contributed by atoms with Gasteiger partial charge >= 0.3 is 0 Å². The molecule has 1 aromatic heterocycles. The Morgan fingerprint density at radius 3 is 2.22 bits per heavy atom. The van der Waals surface area contributed by atoms with Gasteiger partial charge in [-0.25, -0.2) is 4.98 Å². The van der Waals surface area contributed by atoms with Crippen LogP contribution in [0.25, 0.3) is 0 Å². The Morgan fingerprint density at radius 1 is 1.28 bits per heavy atom. The maximum absolute atomic E-state index is 12.4. The molecule has 0 atom stereocenters. The number of aromatic nitrogens is 1. The molecule has 0 saturated carbocycles. The van der Waals surface area contributed by atoms with E-state index in [1.54, 1.807) is 11.3 Å². The highest BCUT2D eigenvalue weighted by Gasteiger charge is 2.32. The fraction of sp³-hybridized carbons (Fsp3) is 0.714. The summed E-state index contributed by atoms with van der Waals surface area (Å²) in [6.45, 7) is 14.0. The normalized spacial score (nSPS) is 12.2. The van der Waals surface area contributed by atoms with Crippen molar-refractivity contribution in [3.8, 4) is 0 Å². The Bertz CT molecular complexity index is 400. The van der Waals surface area contributed by atoms with E-state index in [0.29, 0.717) is 6.42 Å². The number of ketones is 1. The van der Waals surface area contributed by atoms with Crippen LogP contribution in [0.5, 0.6) is 0 Å². The van der Waals surface area contributed by atoms with Crippen LogP contribution in [-0.2, 0) is 11.2 Å². The largest absolute Gasteiger partial charge is 0.297 e. The van der Waals surface area contributed by atoms with E-state index in [9.17, 15) is 4.79 Å². The Hall–Kier alpha value is -0.740. The third-order valence-corrected chi connectivity index (χ3v) is 4.69. The summed E-state index contributed by atoms with van der Waals surface area (Å²) < 4.78 is 0. The van der Waals surface area contributed by atoms with E-state index < -0.39 is 5.54 Å². The summed E-state index contributed by atoms with van der Waals surface area (Å²) in [6.07, 6.45) is 0.447. The SMILES string of the molecule is CCN(CC)C(C)(C)C(=O)Cc1nc(C)c(C)s1. The topological polar surface area (TPSA) is 33.2 Å². The van der Waals surface area contributed by atoms with E-state index in [4.69, 9.17) is 0 Å². The van der Waals surface area contributed by atoms with Crippen molar-refractivity contribution < 1.29 is 4.79 Å². The van der Waals surface area contributed by atoms with Gasteiger partial charge < -0.3 is 0 Å². The summed E-state index contributed by atoms with van der Waals surface area (Å²) in [7, 11) is 0. The van der Waals surface area contributed by atoms with Crippen LogP contribution in [0.4, 0.5) is 0 Å². The molecule has 0 saturated heterocycles. The second kappa shape index (κ2) is 5.93. The number of rotatable bonds is 6. The zero-order valence-electron chi connectivity index (χ0n) is 12.3. The number of carbonyl (C=O) groups excluding carboxylic acids is 1. The van der Waals surface area contributed by atoms with Gasteiger partial charge in [0.1, 0.15) is 5.01 Å². The van der Waals surface area contributed by atoms with E-state index in [0.717, 1.165) is 23.8 Å². The van der Waals surface area contributed by atoms with Crippen LogP contribution < -0.4 is 0 Å². The van der Waals surface area contributed by atoms with Crippen molar-refractivity contribution in [2.24, 2.45) is 0 Å². The van der Waals surface area contributed by atoms with Gasteiger partial charge in [-0.1, -0.05) is 13.8 Å². The molecule has 1 rings (SSSR count). The molecular weight excluding hydrogens is 244 g/mol. The van der Waals surface area contributed by atoms with Crippen molar-refractivity contribution >= 4 is 17.1 Å². The van der Waals surface area contributed by atoms with Gasteiger partial charge in [0.15, 0.2) is 5.78 Å². The molecule has 0 spiro atoms. The number of likely N-dealkylation sites (N-methyl/N-ethyl adjacent to an activating group) is 1. The molecule has 0 aromatic carbocycles. The summed E-state index contributed by atoms with van der Waals surface area (Å²) in [6, 6.07) is 0. The van der Waals surface area contributed by atoms with Crippen molar-refractivity contribution in [2.75, 3.05) is 13.1 Å². The van der Waals surface area contributed by atoms with Crippen LogP contribution in [-0.4, -0.2) is 34.3 Å². The van der Waals surface area contributed by atoms with E-state index in [1.807, 2.05) is 20.8 Å². The lowest BCUT2D eigenvalue weighted by Crippen LogP contribution is -2.50. The van der Waals surface area contributed by atoms with Crippen LogP contribution >= 0.6 is 11.3 Å². The molecule has 0 unspecified atom stereocenters. The maximum Gasteiger partial charge on any atom is 0.159 e. The first-order valence-electron chi connectivity index (χ1n) is 6.54. The third-order valence-electron chi connectivity index (χ3n) is 3.62. The minimum Gasteiger partial charge on any atom is -0.297 e. The van der Waals surface area contributed by atoms with Crippen molar-refractivity contribution in [2.45, 2.75) is 53.5 Å². The quantitative estimate of drug-likeness (QED) is 0.795. The molecule has 0 radical (unpaired) electrons. The van der Waals surface area contributed by atoms with Crippen LogP contribution in [0.1, 0.15) is 43.3 Å². The molecule has 18 heavy (non-hydrogen) atoms. The van der Waals surface area contributed by atoms with Gasteiger partial charge in [-0.05, 0) is 40.8 Å². The zero-order chi connectivity index (χ0) is 13.9. The van der Waals surface area contributed by atoms with E-state index in [1.165, 1.54) is 4.88 Å². The first kappa shape index (κ1) is 15.3. The second-order valence-electron chi connectivity index (χ2n) is 5.08. The third kappa shape index (κ3) is 3.18. The van der Waals surface area contributed by atoms with Crippen LogP contribution in [0.15, 0.2) is 0 Å². The Balaban J connectivity index is 2.81. The maximum atomic E-state index is 12.4. The molecule has 0 fully saturated rings. The molecule has 1 heterocycles. The van der Waals surface area contributed by atoms with E-state index in [2.05, 4.69) is 30.7 Å². The Kier molecular flexibility index (Phi) is 5.05. The molecule has 0 N–H and O–H groups in total. The van der Waals surface area contributed by atoms with E-state index in [-0.39, 0.29) is 5.78 Å². The fourth-order valence-electron chi connectivity index (χ4n) is 2.16. The standard InChI is InChI=1S/C14H24N2OS/c1-7-16(8-2)14(5,6)12(17)9-13-15-10(3)11(4)18-13/h7-9H2,1-6H3. The first-order valence-corrected chi connectivity index (χ1v) is 7.35. The lowest BCUT2D eigenvalue weighted by molar-refractivity contribution is -0.128. The Morgan fingerprint density at radius 2 is 1.83 bits per heavy atom. The molecule has 4 heteroatoms. The predicted molar refractivity (Wildman–Crippen MR) is 77.3 cm³/mol. The summed E-state index contributed by atoms with van der Waals surface area (Å²) in [5, 5.41) is 0.940. The molecule has 0 aliphatic rings. The summed E-state index contributed by atoms with van der Waals surface area (Å²) in [4.78, 5) is 20.3. The van der Waals surface area contributed by atoms with Crippen molar-refractivity contribution in [1.29, 1.82) is 0 Å². The van der Waals surface area contributed by atoms with Gasteiger partial charge in [0.05, 0.1) is 17.7 Å². The number of Topliss-reactive ketones (excluding diaryl/α,β-unsaturated/α-hetero) is 1. The minimum absolute atomic E-state index is 0.250. The van der Waals surface area contributed by atoms with Gasteiger partial charge in [-0.15, -0.1) is 11.3 Å². The fourth-order valence-corrected chi connectivity index (χ4v) is 3.09. The lowest BCUT2D eigenvalue weighted by atomic mass is 9.94. The minimum atomic E-state index is -0.406. The lowest BCUT2D eigenvalue weighted by Gasteiger charge is -2.35. The van der Waals surface area contributed by atoms with Gasteiger partial charge in [0.25, 0.3) is 0 Å². The average Bonchev–Trinajstić information content (AvgIpc) is 2.59. The number of hydrogen-bond acceptors (Lipinski definition) is 4. The molecule has 3 nitrogen and oxygen atoms in total. The van der Waals surface area contributed by atoms with Crippen LogP contribution in [0, 0.1) is 13.8 Å². The molecule has 0 aliphatic carbocycles. The summed E-state index contributed by atoms with van der Waals surface area (Å²) >= 11 is 1.64. The summed E-state index contributed by atoms with van der Waals surface area (Å²) in [5.41, 5.74) is 0.639. The van der Waals surface area contributed by atoms with Crippen LogP contribution in [0.3, 0.4) is 0 Å².